The summed E-state index contributed by atoms with van der Waals surface area (Å²) in [7, 11) is -8.96. The first-order valence-electron chi connectivity index (χ1n) is 46.8. The van der Waals surface area contributed by atoms with Crippen LogP contribution in [0.2, 0.25) is 10.0 Å². The Morgan fingerprint density at radius 3 is 1.90 bits per heavy atom. The van der Waals surface area contributed by atoms with Crippen molar-refractivity contribution >= 4 is 110 Å². The number of hydrogen-bond donors (Lipinski definition) is 25. The number of aliphatic hydroxyl groups excluding tert-OH is 6. The van der Waals surface area contributed by atoms with E-state index in [2.05, 4.69) is 60.1 Å². The van der Waals surface area contributed by atoms with Crippen LogP contribution in [0.25, 0.3) is 11.1 Å². The van der Waals surface area contributed by atoms with Crippen molar-refractivity contribution in [2.75, 3.05) is 51.8 Å². The van der Waals surface area contributed by atoms with Crippen LogP contribution in [-0.2, 0) is 89.1 Å². The van der Waals surface area contributed by atoms with E-state index in [0.717, 1.165) is 112 Å². The van der Waals surface area contributed by atoms with Crippen LogP contribution in [0.3, 0.4) is 0 Å². The van der Waals surface area contributed by atoms with Gasteiger partial charge < -0.3 is 172 Å². The molecule has 0 spiro atoms. The topological polar surface area (TPSA) is 729 Å². The SMILES string of the molecule is CCCCCCCCCCN(CCNC1(C)CC(OC2C(Oc3c4cc5cc3Oc3ccc(cc3Cl)[C@H](O)C(NC(=O)C(CC(C)C)NC)C(=O)NC(CC(N)=O)C(=O)NC5C(=O)NC3C(=O)NC(C(=O)N[C@@H](C(=O)O)c5cc(O)c(CNCC=O)c(O)c5-c5cc3ccc5O)[C@H](O)c3ccc(c(Cl)c3)O4)OC(CO)C(O)C2O)OC(C)C1O)C(=O)OCc1ccc(NC(=O)OCCCC(P(=O)(O)O)P(=O)(O)O)cc1. The summed E-state index contributed by atoms with van der Waals surface area (Å²) in [6.45, 7) is 6.26. The number of aliphatic carboxylic acids is 1. The molecule has 2 saturated heterocycles. The molecular weight excluding hydrogens is 1990 g/mol. The fourth-order valence-electron chi connectivity index (χ4n) is 17.4. The molecule has 9 amide bonds. The predicted molar refractivity (Wildman–Crippen MR) is 514 cm³/mol. The van der Waals surface area contributed by atoms with Gasteiger partial charge in [0.25, 0.3) is 0 Å². The lowest BCUT2D eigenvalue weighted by molar-refractivity contribution is -0.334. The summed E-state index contributed by atoms with van der Waals surface area (Å²) >= 11 is 14.4. The monoisotopic (exact) mass is 2110 g/mol. The summed E-state index contributed by atoms with van der Waals surface area (Å²) in [6.07, 6.45) is -15.0. The third-order valence-corrected chi connectivity index (χ3v) is 29.6. The van der Waals surface area contributed by atoms with Crippen molar-refractivity contribution in [2.24, 2.45) is 11.7 Å². The molecule has 7 aliphatic rings. The van der Waals surface area contributed by atoms with Crippen LogP contribution in [0.15, 0.2) is 97.1 Å². The number of ether oxygens (including phenoxy) is 8. The molecule has 0 saturated carbocycles. The Bertz CT molecular complexity index is 5750. The van der Waals surface area contributed by atoms with Crippen LogP contribution < -0.4 is 73.1 Å². The highest BCUT2D eigenvalue weighted by molar-refractivity contribution is 7.70. The van der Waals surface area contributed by atoms with Gasteiger partial charge in [-0.25, -0.2) is 14.4 Å². The van der Waals surface area contributed by atoms with Gasteiger partial charge in [-0.2, -0.15) is 0 Å². The maximum absolute atomic E-state index is 16.5. The minimum Gasteiger partial charge on any atom is -0.507 e. The van der Waals surface area contributed by atoms with E-state index in [0.29, 0.717) is 18.3 Å². The summed E-state index contributed by atoms with van der Waals surface area (Å²) < 4.78 is 74.1. The number of rotatable bonds is 39. The minimum absolute atomic E-state index is 0.0386. The van der Waals surface area contributed by atoms with E-state index in [4.69, 9.17) is 66.8 Å². The van der Waals surface area contributed by atoms with Gasteiger partial charge in [0.15, 0.2) is 35.3 Å². The van der Waals surface area contributed by atoms with Gasteiger partial charge in [0, 0.05) is 60.5 Å². The number of phenolic OH excluding ortho intramolecular Hbond substituents is 3. The molecule has 51 heteroatoms. The molecule has 2 fully saturated rings. The maximum Gasteiger partial charge on any atom is 0.411 e. The Morgan fingerprint density at radius 2 is 1.30 bits per heavy atom. The number of hydrogen-bond acceptors (Lipinski definition) is 33. The summed E-state index contributed by atoms with van der Waals surface area (Å²) in [6, 6.07) is 3.47. The highest BCUT2D eigenvalue weighted by Gasteiger charge is 2.53. The lowest BCUT2D eigenvalue weighted by atomic mass is 9.85. The molecule has 11 bridgehead atoms. The van der Waals surface area contributed by atoms with Gasteiger partial charge in [-0.1, -0.05) is 119 Å². The minimum atomic E-state index is -5.21. The van der Waals surface area contributed by atoms with E-state index < -0.39 is 311 Å². The molecule has 15 unspecified atom stereocenters. The van der Waals surface area contributed by atoms with Crippen LogP contribution in [0.1, 0.15) is 187 Å². The molecular formula is C94H122Cl2N12O35P2. The number of aldehydes is 1. The third-order valence-electron chi connectivity index (χ3n) is 25.2. The smallest absolute Gasteiger partial charge is 0.411 e. The number of nitrogens with two attached hydrogens (primary N) is 1. The van der Waals surface area contributed by atoms with Crippen molar-refractivity contribution in [3.8, 4) is 57.1 Å². The van der Waals surface area contributed by atoms with Crippen LogP contribution in [0, 0.1) is 5.92 Å². The molecule has 0 aliphatic carbocycles. The van der Waals surface area contributed by atoms with Crippen molar-refractivity contribution in [1.82, 2.24) is 52.8 Å². The zero-order valence-electron chi connectivity index (χ0n) is 79.6. The number of phenols is 3. The van der Waals surface area contributed by atoms with Crippen molar-refractivity contribution < 1.29 is 170 Å². The highest BCUT2D eigenvalue weighted by atomic mass is 35.5. The molecule has 6 aromatic rings. The number of unbranched alkanes of at least 4 members (excludes halogenated alkanes) is 7. The van der Waals surface area contributed by atoms with Gasteiger partial charge in [-0.05, 0) is 147 Å². The van der Waals surface area contributed by atoms with E-state index in [1.807, 2.05) is 0 Å². The fourth-order valence-corrected chi connectivity index (χ4v) is 20.4. The molecule has 18 atom stereocenters. The average molecular weight is 2110 g/mol. The van der Waals surface area contributed by atoms with Crippen molar-refractivity contribution in [2.45, 2.75) is 246 Å². The predicted octanol–water partition coefficient (Wildman–Crippen LogP) is 4.82. The molecule has 47 nitrogen and oxygen atoms in total. The average Bonchev–Trinajstić information content (AvgIpc) is 0.761. The molecule has 13 rings (SSSR count). The molecule has 0 radical (unpaired) electrons. The molecule has 7 heterocycles. The van der Waals surface area contributed by atoms with Gasteiger partial charge in [0.2, 0.25) is 53.4 Å². The van der Waals surface area contributed by atoms with E-state index in [9.17, 15) is 109 Å². The zero-order chi connectivity index (χ0) is 106. The quantitative estimate of drug-likeness (QED) is 0.0140. The van der Waals surface area contributed by atoms with Crippen LogP contribution >= 0.6 is 38.4 Å². The Hall–Kier alpha value is -11.5. The first-order chi connectivity index (χ1) is 68.6. The summed E-state index contributed by atoms with van der Waals surface area (Å²) in [5, 5.41) is 142. The normalized spacial score (nSPS) is 24.2. The highest BCUT2D eigenvalue weighted by Crippen LogP contribution is 2.62. The molecule has 145 heavy (non-hydrogen) atoms. The number of carbonyl (C=O) groups is 11. The number of nitrogens with one attached hydrogen (secondary N) is 10. The number of carboxylic acids is 1. The number of halogens is 2. The molecule has 6 aromatic carbocycles. The van der Waals surface area contributed by atoms with Gasteiger partial charge >= 0.3 is 33.3 Å². The fraction of sp³-hybridized carbons (Fsp3) is 0.500. The largest absolute Gasteiger partial charge is 0.507 e. The second-order valence-corrected chi connectivity index (χ2v) is 41.2. The molecule has 792 valence electrons. The lowest BCUT2D eigenvalue weighted by Gasteiger charge is -2.48. The van der Waals surface area contributed by atoms with Gasteiger partial charge in [0.1, 0.15) is 102 Å². The Balaban J connectivity index is 0.995. The van der Waals surface area contributed by atoms with Crippen LogP contribution in [-0.4, -0.2) is 272 Å². The van der Waals surface area contributed by atoms with Crippen LogP contribution in [0.4, 0.5) is 15.3 Å². The van der Waals surface area contributed by atoms with E-state index >= 15 is 24.0 Å². The molecule has 0 aromatic heterocycles. The number of fused-ring (bicyclic) bond motifs is 15. The summed E-state index contributed by atoms with van der Waals surface area (Å²) in [4.78, 5) is 197. The molecule has 7 aliphatic heterocycles. The lowest BCUT2D eigenvalue weighted by Crippen LogP contribution is -2.66. The van der Waals surface area contributed by atoms with E-state index in [-0.39, 0.29) is 74.8 Å². The maximum atomic E-state index is 16.5. The number of likely N-dealkylation sites (N-methyl/N-ethyl adjacent to an activating group) is 1. The number of carbonyl (C=O) groups excluding carboxylic acids is 10. The Labute approximate surface area is 841 Å². The molecule has 26 N–H and O–H groups in total. The zero-order valence-corrected chi connectivity index (χ0v) is 82.9. The number of benzene rings is 6. The van der Waals surface area contributed by atoms with Crippen molar-refractivity contribution in [3.63, 3.8) is 0 Å². The second-order valence-electron chi connectivity index (χ2n) is 36.4. The number of aliphatic hydroxyl groups is 6. The number of primary amides is 1. The standard InChI is InChI=1S/C94H122Cl2N12O35P2/c1-7-8-9-10-11-12-13-14-29-108(93(129)137-44-47-17-22-52(23-18-47)101-92(128)136-32-15-16-69(144(130,131)132)145(133,134)135)30-27-100-94(5)41-68(138-46(4)83(94)119)142-82-80(118)79(117)66(43-110)141-91(82)143-81-64-37-51-38-65(81)140-63-26-21-50(36-57(63)96)77(115)75-89(125)105-73(90(126)127)54-39-61(112)55(42-99-28-31-109)78(116)70(54)53-34-48(19-24-60(53)111)71(86(122)107-75)104-87(123)72(51)103-85(121)59(40-67(97)113)102-88(124)74(106-84(120)58(98-6)33-45(2)3)76(114)49-20-25-62(139-64)56(95)35-49/h17-26,31,34-39,45-46,58-59,66,68-69,71-77,79-80,82-83,91,98-100,110-112,114-119H,7-16,27-30,32-33,40-44H2,1-6H3,(H2,97,113)(H,101,128)(H,102,124)(H,103,121)(H,104,123)(H,105,125)(H,106,120)(H,107,122)(H,126,127)(H2,130,131,132)(H2,133,134,135)/t46?,58?,59?,66?,68?,71?,72?,73-,74?,75?,76+,77-,79?,80?,82?,83?,91?,94?/m1/s1. The van der Waals surface area contributed by atoms with Gasteiger partial charge in [-0.15, -0.1) is 0 Å². The van der Waals surface area contributed by atoms with E-state index in [1.54, 1.807) is 20.8 Å². The number of aromatic hydroxyl groups is 3. The van der Waals surface area contributed by atoms with Crippen molar-refractivity contribution in [3.05, 3.63) is 146 Å². The Kier molecular flexibility index (Phi) is 39.8. The number of amides is 9. The summed E-state index contributed by atoms with van der Waals surface area (Å²) in [5.41, 5.74) is 1.23. The van der Waals surface area contributed by atoms with Crippen LogP contribution in [0.5, 0.6) is 46.0 Å². The second kappa shape index (κ2) is 50.7. The third kappa shape index (κ3) is 29.1. The Morgan fingerprint density at radius 1 is 0.690 bits per heavy atom. The van der Waals surface area contributed by atoms with Crippen molar-refractivity contribution in [1.29, 1.82) is 0 Å². The number of anilines is 1. The number of carboxylic acid groups (broad SMARTS) is 1. The first-order valence-corrected chi connectivity index (χ1v) is 50.9. The van der Waals surface area contributed by atoms with E-state index in [1.165, 1.54) is 49.2 Å². The first kappa shape index (κ1) is 114. The number of nitrogens with zero attached hydrogens (tertiary/aromatic N) is 1. The van der Waals surface area contributed by atoms with Gasteiger partial charge in [-0.3, -0.25) is 48.0 Å². The van der Waals surface area contributed by atoms with Gasteiger partial charge in [0.05, 0.1) is 60.0 Å². The summed E-state index contributed by atoms with van der Waals surface area (Å²) in [5.74, 6) is -17.2.